The Morgan fingerprint density at radius 2 is 1.50 bits per heavy atom. The maximum Gasteiger partial charge on any atom is 1.00 e. The van der Waals surface area contributed by atoms with Crippen LogP contribution < -0.4 is 35.3 Å². The molecule has 0 amide bonds. The van der Waals surface area contributed by atoms with E-state index in [1.165, 1.54) is 24.3 Å². The van der Waals surface area contributed by atoms with Gasteiger partial charge in [-0.05, 0) is 30.3 Å². The van der Waals surface area contributed by atoms with Crippen LogP contribution in [0.25, 0.3) is 10.8 Å². The van der Waals surface area contributed by atoms with Crippen LogP contribution in [0.3, 0.4) is 0 Å². The first-order valence-electron chi connectivity index (χ1n) is 9.55. The van der Waals surface area contributed by atoms with E-state index in [0.29, 0.717) is 6.07 Å². The van der Waals surface area contributed by atoms with E-state index in [4.69, 9.17) is 10.3 Å². The smallest absolute Gasteiger partial charge is 0.744 e. The molecule has 3 aromatic rings. The molecule has 0 heterocycles. The van der Waals surface area contributed by atoms with Crippen LogP contribution in [0.15, 0.2) is 73.4 Å². The van der Waals surface area contributed by atoms with Crippen molar-refractivity contribution in [2.24, 2.45) is 10.2 Å². The standard InChI is InChI=1S/C18H17N3O12S4.Na/c19-14-6-5-12-13(2-1-3-16(12)35(24,25)26)18(14)21-20-15-7-4-11(10-17(15)36(27,28)29)34(22,23)9-8-33-37(30,31)32;/h1-7,10H,8-9,19H2,(H,24,25,26)(H,27,28,29)(H,30,31,32);/q;+1/p-1. The first kappa shape index (κ1) is 32.2. The first-order chi connectivity index (χ1) is 16.9. The Balaban J connectivity index is 0.00000507. The number of benzene rings is 3. The second-order valence-electron chi connectivity index (χ2n) is 7.18. The molecular weight excluding hydrogens is 601 g/mol. The van der Waals surface area contributed by atoms with Gasteiger partial charge in [0.1, 0.15) is 26.4 Å². The van der Waals surface area contributed by atoms with Crippen molar-refractivity contribution >= 4 is 68.3 Å². The zero-order valence-corrected chi connectivity index (χ0v) is 24.4. The van der Waals surface area contributed by atoms with Gasteiger partial charge in [-0.3, -0.25) is 9.11 Å². The molecule has 0 aromatic heterocycles. The molecule has 200 valence electrons. The zero-order valence-electron chi connectivity index (χ0n) is 19.1. The number of sulfone groups is 1. The van der Waals surface area contributed by atoms with Crippen molar-refractivity contribution in [3.8, 4) is 0 Å². The molecule has 3 aromatic carbocycles. The third-order valence-corrected chi connectivity index (χ3v) is 8.62. The second kappa shape index (κ2) is 11.6. The minimum absolute atomic E-state index is 0. The summed E-state index contributed by atoms with van der Waals surface area (Å²) in [6.07, 6.45) is 0. The summed E-state index contributed by atoms with van der Waals surface area (Å²) >= 11 is 0. The predicted octanol–water partition coefficient (Wildman–Crippen LogP) is -1.41. The van der Waals surface area contributed by atoms with E-state index >= 15 is 0 Å². The largest absolute Gasteiger partial charge is 1.00 e. The van der Waals surface area contributed by atoms with Crippen molar-refractivity contribution in [1.82, 2.24) is 0 Å². The molecule has 0 unspecified atom stereocenters. The molecule has 4 N–H and O–H groups in total. The van der Waals surface area contributed by atoms with E-state index in [9.17, 15) is 42.8 Å². The van der Waals surface area contributed by atoms with Crippen LogP contribution in [-0.4, -0.2) is 59.7 Å². The van der Waals surface area contributed by atoms with Gasteiger partial charge in [0.2, 0.25) is 0 Å². The predicted molar refractivity (Wildman–Crippen MR) is 126 cm³/mol. The fourth-order valence-corrected chi connectivity index (χ4v) is 6.03. The Morgan fingerprint density at radius 1 is 0.842 bits per heavy atom. The average Bonchev–Trinajstić information content (AvgIpc) is 2.75. The van der Waals surface area contributed by atoms with Crippen LogP contribution in [0.2, 0.25) is 0 Å². The van der Waals surface area contributed by atoms with Crippen molar-refractivity contribution in [2.45, 2.75) is 14.7 Å². The Labute approximate surface area is 239 Å². The number of anilines is 1. The van der Waals surface area contributed by atoms with Crippen molar-refractivity contribution in [3.05, 3.63) is 48.5 Å². The number of nitrogens with zero attached hydrogens (tertiary/aromatic N) is 2. The van der Waals surface area contributed by atoms with E-state index in [1.54, 1.807) is 0 Å². The van der Waals surface area contributed by atoms with Gasteiger partial charge in [0.15, 0.2) is 9.84 Å². The van der Waals surface area contributed by atoms with Crippen LogP contribution in [-0.2, 0) is 44.7 Å². The Bertz CT molecular complexity index is 1860. The van der Waals surface area contributed by atoms with Crippen LogP contribution in [0, 0.1) is 0 Å². The molecule has 0 bridgehead atoms. The molecule has 38 heavy (non-hydrogen) atoms. The summed E-state index contributed by atoms with van der Waals surface area (Å²) in [4.78, 5) is -2.21. The summed E-state index contributed by atoms with van der Waals surface area (Å²) in [5.41, 5.74) is 5.16. The van der Waals surface area contributed by atoms with E-state index in [-0.39, 0.29) is 51.7 Å². The number of hydrogen-bond donors (Lipinski definition) is 3. The van der Waals surface area contributed by atoms with E-state index < -0.39 is 73.2 Å². The quantitative estimate of drug-likeness (QED) is 0.108. The minimum Gasteiger partial charge on any atom is -0.744 e. The molecule has 0 fully saturated rings. The summed E-state index contributed by atoms with van der Waals surface area (Å²) in [7, 11) is -19.2. The zero-order chi connectivity index (χ0) is 27.8. The third-order valence-electron chi connectivity index (χ3n) is 4.70. The Hall–Kier alpha value is -2.04. The van der Waals surface area contributed by atoms with Gasteiger partial charge < -0.3 is 10.3 Å². The van der Waals surface area contributed by atoms with Crippen molar-refractivity contribution < 1.29 is 81.1 Å². The molecule has 20 heteroatoms. The Morgan fingerprint density at radius 3 is 2.08 bits per heavy atom. The third kappa shape index (κ3) is 7.76. The molecule has 0 aliphatic rings. The number of azo groups is 1. The monoisotopic (exact) mass is 617 g/mol. The topological polar surface area (TPSA) is 260 Å². The second-order valence-corrected chi connectivity index (χ2v) is 13.1. The van der Waals surface area contributed by atoms with Crippen LogP contribution in [0.5, 0.6) is 0 Å². The SMILES string of the molecule is Nc1ccc2c(S(=O)(=O)[O-])cccc2c1N=Nc1ccc(S(=O)(=O)CCOS(=O)(=O)O)cc1S(=O)(=O)O.[Na+]. The van der Waals surface area contributed by atoms with Gasteiger partial charge in [0.25, 0.3) is 10.1 Å². The van der Waals surface area contributed by atoms with Gasteiger partial charge in [-0.15, -0.1) is 10.2 Å². The van der Waals surface area contributed by atoms with Crippen LogP contribution >= 0.6 is 0 Å². The fraction of sp³-hybridized carbons (Fsp3) is 0.111. The molecule has 0 spiro atoms. The van der Waals surface area contributed by atoms with Gasteiger partial charge >= 0.3 is 40.0 Å². The van der Waals surface area contributed by atoms with Crippen molar-refractivity contribution in [1.29, 1.82) is 0 Å². The summed E-state index contributed by atoms with van der Waals surface area (Å²) in [5.74, 6) is -0.976. The normalized spacial score (nSPS) is 13.0. The molecule has 0 aliphatic carbocycles. The average molecular weight is 618 g/mol. The Kier molecular flexibility index (Phi) is 9.82. The molecule has 0 saturated carbocycles. The molecule has 0 saturated heterocycles. The van der Waals surface area contributed by atoms with Gasteiger partial charge in [0, 0.05) is 10.8 Å². The first-order valence-corrected chi connectivity index (χ1v) is 15.4. The summed E-state index contributed by atoms with van der Waals surface area (Å²) in [5, 5.41) is 7.58. The minimum atomic E-state index is -5.08. The number of hydrogen-bond acceptors (Lipinski definition) is 13. The van der Waals surface area contributed by atoms with Gasteiger partial charge in [-0.1, -0.05) is 18.2 Å². The molecule has 0 aliphatic heterocycles. The van der Waals surface area contributed by atoms with E-state index in [2.05, 4.69) is 14.4 Å². The van der Waals surface area contributed by atoms with Crippen LogP contribution in [0.4, 0.5) is 17.1 Å². The van der Waals surface area contributed by atoms with Crippen LogP contribution in [0.1, 0.15) is 0 Å². The molecular formula is C18H16N3NaO12S4. The fourth-order valence-electron chi connectivity index (χ4n) is 3.11. The van der Waals surface area contributed by atoms with E-state index in [0.717, 1.165) is 18.2 Å². The molecule has 15 nitrogen and oxygen atoms in total. The maximum absolute atomic E-state index is 12.4. The number of nitrogens with two attached hydrogens (primary N) is 1. The summed E-state index contributed by atoms with van der Waals surface area (Å²) in [6, 6.07) is 8.50. The van der Waals surface area contributed by atoms with Gasteiger partial charge in [-0.2, -0.15) is 16.8 Å². The number of rotatable bonds is 9. The summed E-state index contributed by atoms with van der Waals surface area (Å²) in [6.45, 7) is -0.981. The van der Waals surface area contributed by atoms with E-state index in [1.807, 2.05) is 0 Å². The number of fused-ring (bicyclic) bond motifs is 1. The molecule has 0 atom stereocenters. The van der Waals surface area contributed by atoms with Crippen molar-refractivity contribution in [3.63, 3.8) is 0 Å². The molecule has 3 rings (SSSR count). The molecule has 0 radical (unpaired) electrons. The van der Waals surface area contributed by atoms with Gasteiger partial charge in [-0.25, -0.2) is 21.0 Å². The maximum atomic E-state index is 12.4. The number of nitrogen functional groups attached to an aromatic ring is 1. The van der Waals surface area contributed by atoms with Gasteiger partial charge in [0.05, 0.1) is 27.8 Å². The summed E-state index contributed by atoms with van der Waals surface area (Å²) < 4.78 is 127. The van der Waals surface area contributed by atoms with Crippen molar-refractivity contribution in [2.75, 3.05) is 18.1 Å².